The second-order valence-corrected chi connectivity index (χ2v) is 4.53. The maximum atomic E-state index is 11.8. The van der Waals surface area contributed by atoms with Crippen molar-refractivity contribution in [3.05, 3.63) is 23.3 Å². The minimum atomic E-state index is -0.472. The van der Waals surface area contributed by atoms with Crippen LogP contribution in [-0.2, 0) is 11.2 Å². The third-order valence-electron chi connectivity index (χ3n) is 3.29. The van der Waals surface area contributed by atoms with Crippen LogP contribution in [0.3, 0.4) is 0 Å². The van der Waals surface area contributed by atoms with E-state index in [1.54, 1.807) is 13.0 Å². The molecule has 1 N–H and O–H groups in total. The Labute approximate surface area is 99.0 Å². The molecule has 1 amide bonds. The Kier molecular flexibility index (Phi) is 2.18. The Morgan fingerprint density at radius 2 is 2.12 bits per heavy atom. The van der Waals surface area contributed by atoms with Crippen LogP contribution in [0.15, 0.2) is 12.1 Å². The Bertz CT molecular complexity index is 522. The molecule has 0 spiro atoms. The van der Waals surface area contributed by atoms with Crippen LogP contribution in [0.1, 0.15) is 35.7 Å². The van der Waals surface area contributed by atoms with E-state index in [4.69, 9.17) is 4.74 Å². The number of rotatable bonds is 0. The first-order chi connectivity index (χ1) is 8.15. The van der Waals surface area contributed by atoms with E-state index in [9.17, 15) is 9.59 Å². The number of anilines is 1. The first kappa shape index (κ1) is 10.3. The molecule has 1 aromatic rings. The number of Topliss-reactive ketones (excluding diaryl/α,β-unsaturated/α-hetero) is 1. The fraction of sp³-hybridized carbons (Fsp3) is 0.385. The molecule has 1 unspecified atom stereocenters. The topological polar surface area (TPSA) is 55.4 Å². The van der Waals surface area contributed by atoms with Crippen molar-refractivity contribution in [2.75, 3.05) is 5.32 Å². The molecular formula is C13H13NO3. The van der Waals surface area contributed by atoms with E-state index in [2.05, 4.69) is 5.32 Å². The minimum absolute atomic E-state index is 0.155. The van der Waals surface area contributed by atoms with Crippen LogP contribution in [0, 0.1) is 0 Å². The molecule has 0 aromatic heterocycles. The van der Waals surface area contributed by atoms with Crippen LogP contribution in [0.4, 0.5) is 5.69 Å². The largest absolute Gasteiger partial charge is 0.479 e. The van der Waals surface area contributed by atoms with Gasteiger partial charge >= 0.3 is 0 Å². The normalized spacial score (nSPS) is 22.3. The maximum absolute atomic E-state index is 11.8. The lowest BCUT2D eigenvalue weighted by atomic mass is 9.90. The summed E-state index contributed by atoms with van der Waals surface area (Å²) in [7, 11) is 0. The summed E-state index contributed by atoms with van der Waals surface area (Å²) in [5.41, 5.74) is 2.37. The van der Waals surface area contributed by atoms with Gasteiger partial charge in [0.25, 0.3) is 5.91 Å². The lowest BCUT2D eigenvalue weighted by molar-refractivity contribution is -0.122. The molecule has 0 saturated heterocycles. The number of ketones is 1. The van der Waals surface area contributed by atoms with Gasteiger partial charge < -0.3 is 10.1 Å². The summed E-state index contributed by atoms with van der Waals surface area (Å²) in [4.78, 5) is 23.2. The fourth-order valence-electron chi connectivity index (χ4n) is 2.34. The molecule has 1 aliphatic heterocycles. The molecule has 1 atom stereocenters. The average molecular weight is 231 g/mol. The van der Waals surface area contributed by atoms with Gasteiger partial charge in [-0.15, -0.1) is 0 Å². The SMILES string of the molecule is CC1Oc2cc3c(cc2NC1=O)C(=O)CCC3. The standard InChI is InChI=1S/C13H13NO3/c1-7-13(16)14-10-6-9-8(5-12(10)17-7)3-2-4-11(9)15/h5-7H,2-4H2,1H3,(H,14,16). The van der Waals surface area contributed by atoms with Crippen LogP contribution >= 0.6 is 0 Å². The molecule has 1 aromatic carbocycles. The number of nitrogens with one attached hydrogen (secondary N) is 1. The van der Waals surface area contributed by atoms with Gasteiger partial charge in [-0.05, 0) is 37.5 Å². The van der Waals surface area contributed by atoms with Crippen molar-refractivity contribution in [1.82, 2.24) is 0 Å². The van der Waals surface area contributed by atoms with Crippen molar-refractivity contribution in [2.45, 2.75) is 32.3 Å². The number of benzene rings is 1. The number of hydrogen-bond acceptors (Lipinski definition) is 3. The number of aryl methyl sites for hydroxylation is 1. The summed E-state index contributed by atoms with van der Waals surface area (Å²) in [6.07, 6.45) is 1.92. The van der Waals surface area contributed by atoms with Crippen LogP contribution in [0.25, 0.3) is 0 Å². The van der Waals surface area contributed by atoms with Crippen molar-refractivity contribution >= 4 is 17.4 Å². The highest BCUT2D eigenvalue weighted by molar-refractivity contribution is 6.03. The third-order valence-corrected chi connectivity index (χ3v) is 3.29. The second-order valence-electron chi connectivity index (χ2n) is 4.53. The molecule has 1 heterocycles. The minimum Gasteiger partial charge on any atom is -0.479 e. The van der Waals surface area contributed by atoms with Gasteiger partial charge in [0, 0.05) is 12.0 Å². The zero-order valence-corrected chi connectivity index (χ0v) is 9.58. The van der Waals surface area contributed by atoms with Crippen LogP contribution in [0.2, 0.25) is 0 Å². The summed E-state index contributed by atoms with van der Waals surface area (Å²) in [5, 5.41) is 2.76. The lowest BCUT2D eigenvalue weighted by Crippen LogP contribution is -2.34. The Morgan fingerprint density at radius 3 is 2.94 bits per heavy atom. The third kappa shape index (κ3) is 1.60. The number of amides is 1. The molecule has 88 valence electrons. The number of hydrogen-bond donors (Lipinski definition) is 1. The van der Waals surface area contributed by atoms with Gasteiger partial charge in [0.1, 0.15) is 5.75 Å². The maximum Gasteiger partial charge on any atom is 0.265 e. The van der Waals surface area contributed by atoms with Gasteiger partial charge in [-0.3, -0.25) is 9.59 Å². The van der Waals surface area contributed by atoms with Crippen molar-refractivity contribution in [1.29, 1.82) is 0 Å². The van der Waals surface area contributed by atoms with Crippen LogP contribution < -0.4 is 10.1 Å². The highest BCUT2D eigenvalue weighted by Crippen LogP contribution is 2.35. The van der Waals surface area contributed by atoms with E-state index < -0.39 is 6.10 Å². The summed E-state index contributed by atoms with van der Waals surface area (Å²) < 4.78 is 5.52. The van der Waals surface area contributed by atoms with Crippen molar-refractivity contribution in [2.24, 2.45) is 0 Å². The lowest BCUT2D eigenvalue weighted by Gasteiger charge is -2.26. The van der Waals surface area contributed by atoms with Crippen molar-refractivity contribution < 1.29 is 14.3 Å². The molecule has 3 rings (SSSR count). The molecule has 1 aliphatic carbocycles. The zero-order chi connectivity index (χ0) is 12.0. The van der Waals surface area contributed by atoms with E-state index in [1.807, 2.05) is 6.07 Å². The predicted molar refractivity (Wildman–Crippen MR) is 62.4 cm³/mol. The zero-order valence-electron chi connectivity index (χ0n) is 9.58. The Morgan fingerprint density at radius 1 is 1.29 bits per heavy atom. The monoisotopic (exact) mass is 231 g/mol. The number of carbonyl (C=O) groups is 2. The van der Waals surface area contributed by atoms with E-state index in [1.165, 1.54) is 0 Å². The van der Waals surface area contributed by atoms with Crippen LogP contribution in [0.5, 0.6) is 5.75 Å². The first-order valence-electron chi connectivity index (χ1n) is 5.83. The highest BCUT2D eigenvalue weighted by Gasteiger charge is 2.27. The second kappa shape index (κ2) is 3.58. The number of fused-ring (bicyclic) bond motifs is 2. The highest BCUT2D eigenvalue weighted by atomic mass is 16.5. The van der Waals surface area contributed by atoms with E-state index >= 15 is 0 Å². The quantitative estimate of drug-likeness (QED) is 0.742. The first-order valence-corrected chi connectivity index (χ1v) is 5.83. The van der Waals surface area contributed by atoms with E-state index in [0.29, 0.717) is 17.9 Å². The van der Waals surface area contributed by atoms with Crippen molar-refractivity contribution in [3.8, 4) is 5.75 Å². The molecular weight excluding hydrogens is 218 g/mol. The smallest absolute Gasteiger partial charge is 0.265 e. The van der Waals surface area contributed by atoms with Crippen LogP contribution in [-0.4, -0.2) is 17.8 Å². The Balaban J connectivity index is 2.10. The summed E-state index contributed by atoms with van der Waals surface area (Å²) in [6, 6.07) is 3.63. The van der Waals surface area contributed by atoms with Gasteiger partial charge in [0.05, 0.1) is 5.69 Å². The average Bonchev–Trinajstić information content (AvgIpc) is 2.29. The van der Waals surface area contributed by atoms with E-state index in [-0.39, 0.29) is 11.7 Å². The molecule has 0 saturated carbocycles. The molecule has 4 nitrogen and oxygen atoms in total. The summed E-state index contributed by atoms with van der Waals surface area (Å²) >= 11 is 0. The van der Waals surface area contributed by atoms with Gasteiger partial charge in [-0.25, -0.2) is 0 Å². The number of carbonyl (C=O) groups excluding carboxylic acids is 2. The van der Waals surface area contributed by atoms with E-state index in [0.717, 1.165) is 24.0 Å². The van der Waals surface area contributed by atoms with Gasteiger partial charge in [-0.2, -0.15) is 0 Å². The van der Waals surface area contributed by atoms with Gasteiger partial charge in [-0.1, -0.05) is 0 Å². The molecule has 0 fully saturated rings. The predicted octanol–water partition coefficient (Wildman–Crippen LogP) is 1.92. The molecule has 0 bridgehead atoms. The summed E-state index contributed by atoms with van der Waals surface area (Å²) in [6.45, 7) is 1.71. The van der Waals surface area contributed by atoms with Gasteiger partial charge in [0.15, 0.2) is 11.9 Å². The summed E-state index contributed by atoms with van der Waals surface area (Å²) in [5.74, 6) is 0.660. The fourth-order valence-corrected chi connectivity index (χ4v) is 2.34. The number of ether oxygens (including phenoxy) is 1. The van der Waals surface area contributed by atoms with Gasteiger partial charge in [0.2, 0.25) is 0 Å². The molecule has 17 heavy (non-hydrogen) atoms. The molecule has 0 radical (unpaired) electrons. The molecule has 2 aliphatic rings. The van der Waals surface area contributed by atoms with Crippen molar-refractivity contribution in [3.63, 3.8) is 0 Å². The Hall–Kier alpha value is -1.84. The molecule has 4 heteroatoms.